The van der Waals surface area contributed by atoms with Gasteiger partial charge in [-0.05, 0) is 12.0 Å². The largest absolute Gasteiger partial charge is 0.445 e. The van der Waals surface area contributed by atoms with E-state index in [0.717, 1.165) is 0 Å². The molecule has 4 N–H and O–H groups in total. The highest BCUT2D eigenvalue weighted by Crippen LogP contribution is 1.97. The quantitative estimate of drug-likeness (QED) is 0.373. The van der Waals surface area contributed by atoms with Crippen molar-refractivity contribution in [1.82, 2.24) is 0 Å². The Kier molecular flexibility index (Phi) is 8.75. The molecule has 0 bridgehead atoms. The Morgan fingerprint density at radius 1 is 1.33 bits per heavy atom. The fourth-order valence-electron chi connectivity index (χ4n) is 0.822. The van der Waals surface area contributed by atoms with Crippen molar-refractivity contribution >= 4 is 6.09 Å². The van der Waals surface area contributed by atoms with Gasteiger partial charge in [0.1, 0.15) is 6.61 Å². The van der Waals surface area contributed by atoms with Crippen LogP contribution in [-0.4, -0.2) is 49.3 Å². The molecule has 0 aliphatic rings. The van der Waals surface area contributed by atoms with Crippen molar-refractivity contribution < 1.29 is 24.5 Å². The van der Waals surface area contributed by atoms with Gasteiger partial charge in [-0.3, -0.25) is 0 Å². The molecule has 0 aliphatic heterocycles. The van der Waals surface area contributed by atoms with Crippen molar-refractivity contribution in [2.24, 2.45) is 5.73 Å². The number of hydrogen-bond acceptors (Lipinski definition) is 5. The Morgan fingerprint density at radius 2 is 2.07 bits per heavy atom. The van der Waals surface area contributed by atoms with Crippen LogP contribution in [0.15, 0.2) is 11.6 Å². The Bertz CT molecular complexity index is 205. The normalized spacial score (nSPS) is 11.5. The first-order valence-electron chi connectivity index (χ1n) is 4.60. The van der Waals surface area contributed by atoms with E-state index in [1.165, 1.54) is 6.08 Å². The number of ether oxygens (including phenoxy) is 2. The highest BCUT2D eigenvalue weighted by atomic mass is 16.5. The molecule has 0 aliphatic carbocycles. The number of nitrogens with two attached hydrogens (primary N) is 1. The van der Waals surface area contributed by atoms with Gasteiger partial charge in [-0.1, -0.05) is 6.08 Å². The summed E-state index contributed by atoms with van der Waals surface area (Å²) in [6.07, 6.45) is 1.17. The highest BCUT2D eigenvalue weighted by molar-refractivity contribution is 5.64. The van der Waals surface area contributed by atoms with Crippen molar-refractivity contribution in [3.05, 3.63) is 11.6 Å². The Morgan fingerprint density at radius 3 is 2.60 bits per heavy atom. The van der Waals surface area contributed by atoms with Crippen molar-refractivity contribution in [2.45, 2.75) is 6.42 Å². The smallest absolute Gasteiger partial charge is 0.404 e. The van der Waals surface area contributed by atoms with E-state index in [2.05, 4.69) is 4.74 Å². The Hall–Kier alpha value is -1.11. The zero-order valence-corrected chi connectivity index (χ0v) is 8.52. The average molecular weight is 219 g/mol. The van der Waals surface area contributed by atoms with Crippen molar-refractivity contribution in [3.8, 4) is 0 Å². The summed E-state index contributed by atoms with van der Waals surface area (Å²) in [6, 6.07) is 0. The van der Waals surface area contributed by atoms with Crippen LogP contribution in [0.1, 0.15) is 6.42 Å². The minimum absolute atomic E-state index is 0.00895. The SMILES string of the molecule is NC(=O)OCC(=CCO)COCCCO. The second-order valence-electron chi connectivity index (χ2n) is 2.78. The van der Waals surface area contributed by atoms with Crippen LogP contribution in [0.2, 0.25) is 0 Å². The number of aliphatic hydroxyl groups excluding tert-OH is 2. The van der Waals surface area contributed by atoms with Gasteiger partial charge >= 0.3 is 6.09 Å². The van der Waals surface area contributed by atoms with Gasteiger partial charge in [0.25, 0.3) is 0 Å². The fourth-order valence-corrected chi connectivity index (χ4v) is 0.822. The van der Waals surface area contributed by atoms with Crippen LogP contribution < -0.4 is 5.73 Å². The van der Waals surface area contributed by atoms with Crippen LogP contribution in [0.4, 0.5) is 4.79 Å². The standard InChI is InChI=1S/C9H17NO5/c10-9(13)15-7-8(2-4-12)6-14-5-1-3-11/h2,11-12H,1,3-7H2,(H2,10,13). The van der Waals surface area contributed by atoms with Crippen LogP contribution in [-0.2, 0) is 9.47 Å². The highest BCUT2D eigenvalue weighted by Gasteiger charge is 2.01. The van der Waals surface area contributed by atoms with E-state index < -0.39 is 6.09 Å². The van der Waals surface area contributed by atoms with E-state index >= 15 is 0 Å². The van der Waals surface area contributed by atoms with E-state index in [-0.39, 0.29) is 26.4 Å². The Balaban J connectivity index is 3.74. The average Bonchev–Trinajstić information content (AvgIpc) is 2.20. The maximum atomic E-state index is 10.3. The third-order valence-corrected chi connectivity index (χ3v) is 1.51. The molecule has 0 spiro atoms. The van der Waals surface area contributed by atoms with Crippen LogP contribution in [0.5, 0.6) is 0 Å². The molecule has 0 aromatic rings. The molecule has 0 aromatic carbocycles. The lowest BCUT2D eigenvalue weighted by molar-refractivity contribution is 0.120. The molecule has 0 atom stereocenters. The monoisotopic (exact) mass is 219 g/mol. The summed E-state index contributed by atoms with van der Waals surface area (Å²) < 4.78 is 9.69. The van der Waals surface area contributed by atoms with Crippen LogP contribution >= 0.6 is 0 Å². The molecule has 0 saturated carbocycles. The van der Waals surface area contributed by atoms with Crippen molar-refractivity contribution in [1.29, 1.82) is 0 Å². The molecular weight excluding hydrogens is 202 g/mol. The van der Waals surface area contributed by atoms with Gasteiger partial charge in [0, 0.05) is 13.2 Å². The predicted molar refractivity (Wildman–Crippen MR) is 53.2 cm³/mol. The lowest BCUT2D eigenvalue weighted by atomic mass is 10.3. The number of aliphatic hydroxyl groups is 2. The van der Waals surface area contributed by atoms with E-state index in [1.54, 1.807) is 0 Å². The van der Waals surface area contributed by atoms with E-state index in [9.17, 15) is 4.79 Å². The first kappa shape index (κ1) is 13.9. The zero-order chi connectivity index (χ0) is 11.5. The van der Waals surface area contributed by atoms with Gasteiger partial charge in [-0.2, -0.15) is 0 Å². The van der Waals surface area contributed by atoms with Crippen LogP contribution in [0, 0.1) is 0 Å². The fraction of sp³-hybridized carbons (Fsp3) is 0.667. The van der Waals surface area contributed by atoms with Gasteiger partial charge in [0.05, 0.1) is 13.2 Å². The number of carbonyl (C=O) groups excluding carboxylic acids is 1. The molecule has 0 aromatic heterocycles. The van der Waals surface area contributed by atoms with E-state index in [4.69, 9.17) is 20.7 Å². The first-order chi connectivity index (χ1) is 7.20. The molecule has 88 valence electrons. The van der Waals surface area contributed by atoms with Gasteiger partial charge in [-0.25, -0.2) is 4.79 Å². The van der Waals surface area contributed by atoms with Crippen LogP contribution in [0.25, 0.3) is 0 Å². The summed E-state index contributed by atoms with van der Waals surface area (Å²) in [5.74, 6) is 0. The molecule has 1 amide bonds. The molecule has 0 fully saturated rings. The Labute approximate surface area is 88.3 Å². The van der Waals surface area contributed by atoms with Gasteiger partial charge in [0.15, 0.2) is 0 Å². The molecule has 0 rings (SSSR count). The third-order valence-electron chi connectivity index (χ3n) is 1.51. The summed E-state index contributed by atoms with van der Waals surface area (Å²) in [5.41, 5.74) is 5.42. The predicted octanol–water partition coefficient (Wildman–Crippen LogP) is -0.601. The van der Waals surface area contributed by atoms with Crippen LogP contribution in [0.3, 0.4) is 0 Å². The topological polar surface area (TPSA) is 102 Å². The number of carbonyl (C=O) groups is 1. The van der Waals surface area contributed by atoms with E-state index in [0.29, 0.717) is 18.6 Å². The summed E-state index contributed by atoms with van der Waals surface area (Å²) >= 11 is 0. The van der Waals surface area contributed by atoms with Crippen molar-refractivity contribution in [2.75, 3.05) is 33.0 Å². The number of amides is 1. The van der Waals surface area contributed by atoms with Gasteiger partial charge in [0.2, 0.25) is 0 Å². The molecule has 0 radical (unpaired) electrons. The molecule has 0 heterocycles. The number of rotatable bonds is 8. The summed E-state index contributed by atoms with van der Waals surface area (Å²) in [5, 5.41) is 17.2. The lowest BCUT2D eigenvalue weighted by Crippen LogP contribution is -2.16. The first-order valence-corrected chi connectivity index (χ1v) is 4.60. The molecule has 15 heavy (non-hydrogen) atoms. The molecule has 6 heteroatoms. The number of hydrogen-bond donors (Lipinski definition) is 3. The minimum atomic E-state index is -0.866. The third kappa shape index (κ3) is 9.20. The minimum Gasteiger partial charge on any atom is -0.445 e. The van der Waals surface area contributed by atoms with Gasteiger partial charge in [-0.15, -0.1) is 0 Å². The lowest BCUT2D eigenvalue weighted by Gasteiger charge is -2.07. The maximum absolute atomic E-state index is 10.3. The molecule has 0 unspecified atom stereocenters. The number of primary amides is 1. The summed E-state index contributed by atoms with van der Waals surface area (Å²) in [6.45, 7) is 0.580. The summed E-state index contributed by atoms with van der Waals surface area (Å²) in [7, 11) is 0. The summed E-state index contributed by atoms with van der Waals surface area (Å²) in [4.78, 5) is 10.3. The second kappa shape index (κ2) is 9.45. The van der Waals surface area contributed by atoms with Gasteiger partial charge < -0.3 is 25.4 Å². The molecular formula is C9H17NO5. The van der Waals surface area contributed by atoms with Crippen molar-refractivity contribution in [3.63, 3.8) is 0 Å². The zero-order valence-electron chi connectivity index (χ0n) is 8.52. The maximum Gasteiger partial charge on any atom is 0.404 e. The molecule has 6 nitrogen and oxygen atoms in total. The second-order valence-corrected chi connectivity index (χ2v) is 2.78. The van der Waals surface area contributed by atoms with E-state index in [1.807, 2.05) is 0 Å². The molecule has 0 saturated heterocycles.